The number of hydrogen-bond acceptors (Lipinski definition) is 6. The van der Waals surface area contributed by atoms with Crippen molar-refractivity contribution in [1.29, 1.82) is 0 Å². The number of aromatic nitrogens is 4. The number of benzene rings is 1. The molecule has 3 N–H and O–H groups in total. The van der Waals surface area contributed by atoms with Crippen molar-refractivity contribution in [3.8, 4) is 11.4 Å². The normalized spacial score (nSPS) is 18.8. The molecule has 31 heavy (non-hydrogen) atoms. The van der Waals surface area contributed by atoms with Crippen LogP contribution in [-0.4, -0.2) is 50.9 Å². The molecular weight excluding hydrogens is 395 g/mol. The van der Waals surface area contributed by atoms with E-state index in [4.69, 9.17) is 0 Å². The molecule has 5 rings (SSSR count). The molecule has 0 saturated carbocycles. The molecule has 0 spiro atoms. The summed E-state index contributed by atoms with van der Waals surface area (Å²) in [6.45, 7) is 3.73. The van der Waals surface area contributed by atoms with Gasteiger partial charge >= 0.3 is 0 Å². The molecule has 1 aliphatic heterocycles. The third-order valence-corrected chi connectivity index (χ3v) is 5.93. The minimum atomic E-state index is -1.06. The predicted molar refractivity (Wildman–Crippen MR) is 123 cm³/mol. The maximum atomic E-state index is 14.7. The molecule has 1 saturated heterocycles. The van der Waals surface area contributed by atoms with E-state index in [0.717, 1.165) is 10.9 Å². The molecule has 0 aliphatic carbocycles. The Kier molecular flexibility index (Phi) is 4.88. The quantitative estimate of drug-likeness (QED) is 0.464. The Hall–Kier alpha value is -3.36. The van der Waals surface area contributed by atoms with Crippen LogP contribution in [0, 0.1) is 5.82 Å². The smallest absolute Gasteiger partial charge is 0.181 e. The molecule has 4 heterocycles. The number of fused-ring (bicyclic) bond motifs is 1. The molecule has 4 aromatic rings. The van der Waals surface area contributed by atoms with Crippen molar-refractivity contribution in [3.63, 3.8) is 0 Å². The fraction of sp³-hybridized carbons (Fsp3) is 0.261. The van der Waals surface area contributed by atoms with Crippen LogP contribution in [0.5, 0.6) is 0 Å². The van der Waals surface area contributed by atoms with E-state index < -0.39 is 11.4 Å². The van der Waals surface area contributed by atoms with E-state index in [9.17, 15) is 9.50 Å². The summed E-state index contributed by atoms with van der Waals surface area (Å²) in [5.41, 5.74) is 1.01. The van der Waals surface area contributed by atoms with Crippen LogP contribution < -0.4 is 10.2 Å². The van der Waals surface area contributed by atoms with Gasteiger partial charge in [0, 0.05) is 35.5 Å². The van der Waals surface area contributed by atoms with Crippen LogP contribution in [0.4, 0.5) is 10.2 Å². The number of H-pyrrole nitrogens is 1. The van der Waals surface area contributed by atoms with Gasteiger partial charge in [-0.15, -0.1) is 0 Å². The van der Waals surface area contributed by atoms with Gasteiger partial charge in [0.2, 0.25) is 0 Å². The predicted octanol–water partition coefficient (Wildman–Crippen LogP) is 3.58. The topological polar surface area (TPSA) is 90.0 Å². The molecule has 1 fully saturated rings. The summed E-state index contributed by atoms with van der Waals surface area (Å²) in [5, 5.41) is 22.4. The van der Waals surface area contributed by atoms with Crippen molar-refractivity contribution in [2.24, 2.45) is 0 Å². The first-order valence-corrected chi connectivity index (χ1v) is 10.3. The molecule has 0 bridgehead atoms. The van der Waals surface area contributed by atoms with Gasteiger partial charge in [-0.05, 0) is 36.8 Å². The van der Waals surface area contributed by atoms with Crippen LogP contribution in [0.2, 0.25) is 0 Å². The molecule has 8 heteroatoms. The maximum Gasteiger partial charge on any atom is 0.181 e. The SMILES string of the molecule is CC(O)(c1ccccc1)C1CN(c2ccc(F)c(-c3[nH]nc4ncccc34)n2)CCN1.[HH].[HH].[HH]. The number of aromatic amines is 1. The second kappa shape index (κ2) is 7.72. The standard InChI is InChI=1S/C23H23FN6O.3H2/c1-23(31,15-6-3-2-4-7-15)18-14-30(13-12-25-18)19-10-9-17(24)21(27-19)20-16-8-5-11-26-22(16)29-28-20;;;/h2-11,18,25,31H,12-14H2,1H3,(H,26,28,29);3*1H. The third-order valence-electron chi connectivity index (χ3n) is 5.93. The minimum absolute atomic E-state index is 0. The van der Waals surface area contributed by atoms with Crippen molar-refractivity contribution >= 4 is 16.9 Å². The summed E-state index contributed by atoms with van der Waals surface area (Å²) in [6, 6.07) is 16.1. The number of halogens is 1. The molecule has 2 atom stereocenters. The van der Waals surface area contributed by atoms with Gasteiger partial charge in [0.15, 0.2) is 11.5 Å². The first kappa shape index (κ1) is 19.6. The molecular formula is C23H29FN6O. The fourth-order valence-corrected chi connectivity index (χ4v) is 4.13. The van der Waals surface area contributed by atoms with Gasteiger partial charge in [-0.3, -0.25) is 5.10 Å². The van der Waals surface area contributed by atoms with Crippen LogP contribution in [0.15, 0.2) is 60.8 Å². The molecule has 1 aromatic carbocycles. The van der Waals surface area contributed by atoms with Crippen LogP contribution in [0.25, 0.3) is 22.4 Å². The number of pyridine rings is 2. The second-order valence-corrected chi connectivity index (χ2v) is 7.94. The number of nitrogens with one attached hydrogen (secondary N) is 2. The van der Waals surface area contributed by atoms with Crippen LogP contribution in [0.1, 0.15) is 16.8 Å². The van der Waals surface area contributed by atoms with Gasteiger partial charge < -0.3 is 15.3 Å². The van der Waals surface area contributed by atoms with E-state index in [2.05, 4.69) is 30.4 Å². The lowest BCUT2D eigenvalue weighted by Crippen LogP contribution is -2.59. The average Bonchev–Trinajstić information content (AvgIpc) is 3.24. The third kappa shape index (κ3) is 3.54. The highest BCUT2D eigenvalue weighted by atomic mass is 19.1. The minimum Gasteiger partial charge on any atom is -0.384 e. The molecule has 1 aliphatic rings. The molecule has 2 unspecified atom stereocenters. The van der Waals surface area contributed by atoms with Gasteiger partial charge in [0.25, 0.3) is 0 Å². The van der Waals surface area contributed by atoms with Crippen LogP contribution >= 0.6 is 0 Å². The van der Waals surface area contributed by atoms with Crippen molar-refractivity contribution in [2.45, 2.75) is 18.6 Å². The summed E-state index contributed by atoms with van der Waals surface area (Å²) < 4.78 is 14.7. The highest BCUT2D eigenvalue weighted by Gasteiger charge is 2.37. The van der Waals surface area contributed by atoms with Gasteiger partial charge in [-0.25, -0.2) is 14.4 Å². The van der Waals surface area contributed by atoms with E-state index >= 15 is 0 Å². The molecule has 0 radical (unpaired) electrons. The average molecular weight is 425 g/mol. The van der Waals surface area contributed by atoms with Gasteiger partial charge in [0.05, 0.1) is 11.7 Å². The Morgan fingerprint density at radius 2 is 2.00 bits per heavy atom. The monoisotopic (exact) mass is 424 g/mol. The lowest BCUT2D eigenvalue weighted by atomic mass is 9.87. The Morgan fingerprint density at radius 1 is 1.16 bits per heavy atom. The van der Waals surface area contributed by atoms with Crippen molar-refractivity contribution < 1.29 is 13.8 Å². The highest BCUT2D eigenvalue weighted by Crippen LogP contribution is 2.30. The van der Waals surface area contributed by atoms with E-state index in [1.54, 1.807) is 18.3 Å². The Balaban J connectivity index is 0.00000136. The van der Waals surface area contributed by atoms with Gasteiger partial charge in [-0.1, -0.05) is 30.3 Å². The zero-order chi connectivity index (χ0) is 21.4. The van der Waals surface area contributed by atoms with E-state index in [1.165, 1.54) is 6.07 Å². The molecule has 7 nitrogen and oxygen atoms in total. The van der Waals surface area contributed by atoms with Gasteiger partial charge in [-0.2, -0.15) is 5.10 Å². The number of piperazine rings is 1. The maximum absolute atomic E-state index is 14.7. The van der Waals surface area contributed by atoms with Crippen LogP contribution in [0.3, 0.4) is 0 Å². The van der Waals surface area contributed by atoms with E-state index in [0.29, 0.717) is 36.8 Å². The fourth-order valence-electron chi connectivity index (χ4n) is 4.13. The lowest BCUT2D eigenvalue weighted by molar-refractivity contribution is 0.0138. The summed E-state index contributed by atoms with van der Waals surface area (Å²) in [4.78, 5) is 10.9. The number of anilines is 1. The van der Waals surface area contributed by atoms with Crippen molar-refractivity contribution in [1.82, 2.24) is 25.5 Å². The molecule has 164 valence electrons. The number of aliphatic hydroxyl groups is 1. The Morgan fingerprint density at radius 3 is 2.84 bits per heavy atom. The first-order chi connectivity index (χ1) is 15.0. The van der Waals surface area contributed by atoms with Crippen molar-refractivity contribution in [3.05, 3.63) is 72.2 Å². The summed E-state index contributed by atoms with van der Waals surface area (Å²) >= 11 is 0. The Labute approximate surface area is 183 Å². The lowest BCUT2D eigenvalue weighted by Gasteiger charge is -2.42. The molecule has 0 amide bonds. The number of nitrogens with zero attached hydrogens (tertiary/aromatic N) is 4. The summed E-state index contributed by atoms with van der Waals surface area (Å²) in [7, 11) is 0. The summed E-state index contributed by atoms with van der Waals surface area (Å²) in [5.74, 6) is 0.222. The van der Waals surface area contributed by atoms with Crippen molar-refractivity contribution in [2.75, 3.05) is 24.5 Å². The molecule has 3 aromatic heterocycles. The van der Waals surface area contributed by atoms with E-state index in [-0.39, 0.29) is 16.0 Å². The van der Waals surface area contributed by atoms with E-state index in [1.807, 2.05) is 43.3 Å². The van der Waals surface area contributed by atoms with Gasteiger partial charge in [0.1, 0.15) is 17.1 Å². The number of rotatable bonds is 4. The highest BCUT2D eigenvalue weighted by molar-refractivity contribution is 5.89. The first-order valence-electron chi connectivity index (χ1n) is 10.3. The van der Waals surface area contributed by atoms with Crippen LogP contribution in [-0.2, 0) is 5.60 Å². The zero-order valence-electron chi connectivity index (χ0n) is 17.1. The Bertz CT molecular complexity index is 1220. The number of hydrogen-bond donors (Lipinski definition) is 3. The zero-order valence-corrected chi connectivity index (χ0v) is 17.1. The summed E-state index contributed by atoms with van der Waals surface area (Å²) in [6.07, 6.45) is 1.65. The largest absolute Gasteiger partial charge is 0.384 e. The second-order valence-electron chi connectivity index (χ2n) is 7.94.